The van der Waals surface area contributed by atoms with E-state index in [0.717, 1.165) is 0 Å². The Balaban J connectivity index is 3.61. The van der Waals surface area contributed by atoms with Crippen molar-refractivity contribution in [3.63, 3.8) is 0 Å². The molecule has 0 heterocycles. The van der Waals surface area contributed by atoms with Gasteiger partial charge in [0.15, 0.2) is 0 Å². The molecule has 1 N–H and O–H groups in total. The molecule has 0 unspecified atom stereocenters. The van der Waals surface area contributed by atoms with E-state index < -0.39 is 15.8 Å². The second-order valence-electron chi connectivity index (χ2n) is 2.36. The Labute approximate surface area is 76.6 Å². The monoisotopic (exact) mass is 211 g/mol. The van der Waals surface area contributed by atoms with E-state index in [-0.39, 0.29) is 6.54 Å². The number of hydrogen-bond acceptors (Lipinski definition) is 2. The molecule has 0 aromatic rings. The van der Waals surface area contributed by atoms with Crippen molar-refractivity contribution < 1.29 is 17.2 Å². The highest BCUT2D eigenvalue weighted by molar-refractivity contribution is 7.89. The average Bonchev–Trinajstić information content (AvgIpc) is 2.03. The van der Waals surface area contributed by atoms with Crippen LogP contribution < -0.4 is 4.72 Å². The van der Waals surface area contributed by atoms with E-state index in [4.69, 9.17) is 6.42 Å². The van der Waals surface area contributed by atoms with Gasteiger partial charge >= 0.3 is 5.76 Å². The third-order valence-corrected chi connectivity index (χ3v) is 2.36. The van der Waals surface area contributed by atoms with E-state index in [1.54, 1.807) is 4.72 Å². The molecule has 3 nitrogen and oxygen atoms in total. The largest absolute Gasteiger partial charge is 0.350 e. The number of terminal acetylenes is 1. The van der Waals surface area contributed by atoms with Crippen LogP contribution in [0.15, 0.2) is 0 Å². The Bertz CT molecular complexity index is 269. The number of halogens is 2. The van der Waals surface area contributed by atoms with Crippen LogP contribution in [0, 0.1) is 12.3 Å². The third kappa shape index (κ3) is 5.55. The summed E-state index contributed by atoms with van der Waals surface area (Å²) in [7, 11) is -4.42. The maximum Gasteiger partial charge on any atom is 0.350 e. The fraction of sp³-hybridized carbons (Fsp3) is 0.714. The molecule has 0 fully saturated rings. The minimum Gasteiger partial charge on any atom is -0.210 e. The van der Waals surface area contributed by atoms with Gasteiger partial charge < -0.3 is 0 Å². The summed E-state index contributed by atoms with van der Waals surface area (Å²) in [5, 5.41) is 0. The zero-order valence-electron chi connectivity index (χ0n) is 6.96. The molecule has 13 heavy (non-hydrogen) atoms. The molecule has 0 atom stereocenters. The van der Waals surface area contributed by atoms with Gasteiger partial charge in [0.1, 0.15) is 0 Å². The molecule has 0 aliphatic heterocycles. The van der Waals surface area contributed by atoms with Gasteiger partial charge in [-0.05, 0) is 12.8 Å². The van der Waals surface area contributed by atoms with Crippen molar-refractivity contribution in [2.24, 2.45) is 0 Å². The van der Waals surface area contributed by atoms with Crippen LogP contribution >= 0.6 is 0 Å². The molecule has 0 aliphatic rings. The van der Waals surface area contributed by atoms with Gasteiger partial charge in [0.05, 0.1) is 0 Å². The van der Waals surface area contributed by atoms with Crippen LogP contribution in [0.5, 0.6) is 0 Å². The van der Waals surface area contributed by atoms with Crippen molar-refractivity contribution in [1.82, 2.24) is 4.72 Å². The molecule has 0 saturated heterocycles. The lowest BCUT2D eigenvalue weighted by molar-refractivity contribution is 0.232. The molecule has 0 amide bonds. The zero-order valence-corrected chi connectivity index (χ0v) is 7.78. The fourth-order valence-corrected chi connectivity index (χ4v) is 1.18. The van der Waals surface area contributed by atoms with E-state index >= 15 is 0 Å². The van der Waals surface area contributed by atoms with E-state index in [2.05, 4.69) is 5.92 Å². The predicted octanol–water partition coefficient (Wildman–Crippen LogP) is 0.932. The second-order valence-corrected chi connectivity index (χ2v) is 4.10. The number of sulfonamides is 1. The maximum atomic E-state index is 11.7. The van der Waals surface area contributed by atoms with Crippen LogP contribution in [0.1, 0.15) is 19.3 Å². The van der Waals surface area contributed by atoms with E-state index in [1.807, 2.05) is 0 Å². The Morgan fingerprint density at radius 3 is 2.46 bits per heavy atom. The van der Waals surface area contributed by atoms with Crippen molar-refractivity contribution in [2.75, 3.05) is 6.54 Å². The Morgan fingerprint density at radius 2 is 2.00 bits per heavy atom. The normalized spacial score (nSPS) is 11.5. The molecule has 0 aliphatic carbocycles. The van der Waals surface area contributed by atoms with Gasteiger partial charge in [-0.1, -0.05) is 0 Å². The molecule has 0 aromatic carbocycles. The Morgan fingerprint density at radius 1 is 1.38 bits per heavy atom. The van der Waals surface area contributed by atoms with Crippen molar-refractivity contribution in [3.05, 3.63) is 0 Å². The first-order valence-electron chi connectivity index (χ1n) is 3.71. The molecular formula is C7H11F2NO2S. The number of rotatable bonds is 6. The van der Waals surface area contributed by atoms with Crippen LogP contribution in [-0.4, -0.2) is 20.7 Å². The van der Waals surface area contributed by atoms with E-state index in [9.17, 15) is 17.2 Å². The van der Waals surface area contributed by atoms with Crippen molar-refractivity contribution in [3.8, 4) is 12.3 Å². The summed E-state index contributed by atoms with van der Waals surface area (Å²) in [6.45, 7) is 0.00829. The van der Waals surface area contributed by atoms with Gasteiger partial charge in [-0.25, -0.2) is 13.1 Å². The van der Waals surface area contributed by atoms with Crippen LogP contribution in [0.3, 0.4) is 0 Å². The summed E-state index contributed by atoms with van der Waals surface area (Å²) in [6.07, 6.45) is 6.56. The van der Waals surface area contributed by atoms with Gasteiger partial charge in [-0.2, -0.15) is 8.78 Å². The first kappa shape index (κ1) is 12.3. The first-order chi connectivity index (χ1) is 6.00. The molecule has 0 radical (unpaired) electrons. The van der Waals surface area contributed by atoms with Crippen LogP contribution in [0.25, 0.3) is 0 Å². The standard InChI is InChI=1S/C7H11F2NO2S/c1-2-3-4-5-6-10-13(11,12)7(8)9/h1,7,10H,3-6H2. The lowest BCUT2D eigenvalue weighted by Gasteiger charge is -2.03. The molecule has 6 heteroatoms. The molecule has 76 valence electrons. The van der Waals surface area contributed by atoms with Gasteiger partial charge in [0.2, 0.25) is 0 Å². The lowest BCUT2D eigenvalue weighted by Crippen LogP contribution is -2.30. The molecule has 0 saturated carbocycles. The van der Waals surface area contributed by atoms with Crippen molar-refractivity contribution in [2.45, 2.75) is 25.0 Å². The predicted molar refractivity (Wildman–Crippen MR) is 45.6 cm³/mol. The van der Waals surface area contributed by atoms with E-state index in [1.165, 1.54) is 0 Å². The van der Waals surface area contributed by atoms with Gasteiger partial charge in [-0.15, -0.1) is 12.3 Å². The summed E-state index contributed by atoms with van der Waals surface area (Å²) in [5.41, 5.74) is 0. The summed E-state index contributed by atoms with van der Waals surface area (Å²) in [6, 6.07) is 0. The summed E-state index contributed by atoms with van der Waals surface area (Å²) >= 11 is 0. The maximum absolute atomic E-state index is 11.7. The van der Waals surface area contributed by atoms with Crippen LogP contribution in [0.2, 0.25) is 0 Å². The zero-order chi connectivity index (χ0) is 10.3. The van der Waals surface area contributed by atoms with Gasteiger partial charge in [0.25, 0.3) is 10.0 Å². The van der Waals surface area contributed by atoms with E-state index in [0.29, 0.717) is 19.3 Å². The quantitative estimate of drug-likeness (QED) is 0.525. The number of nitrogens with one attached hydrogen (secondary N) is 1. The minimum atomic E-state index is -4.42. The van der Waals surface area contributed by atoms with Crippen LogP contribution in [-0.2, 0) is 10.0 Å². The average molecular weight is 211 g/mol. The van der Waals surface area contributed by atoms with Crippen molar-refractivity contribution in [1.29, 1.82) is 0 Å². The molecule has 0 spiro atoms. The minimum absolute atomic E-state index is 0.00829. The number of alkyl halides is 2. The Hall–Kier alpha value is -0.670. The second kappa shape index (κ2) is 5.89. The van der Waals surface area contributed by atoms with Gasteiger partial charge in [-0.3, -0.25) is 0 Å². The number of hydrogen-bond donors (Lipinski definition) is 1. The molecule has 0 aromatic heterocycles. The summed E-state index contributed by atoms with van der Waals surface area (Å²) in [4.78, 5) is 0. The summed E-state index contributed by atoms with van der Waals surface area (Å²) in [5.74, 6) is -0.998. The fourth-order valence-electron chi connectivity index (χ4n) is 0.629. The van der Waals surface area contributed by atoms with Crippen molar-refractivity contribution >= 4 is 10.0 Å². The molecular weight excluding hydrogens is 200 g/mol. The summed E-state index contributed by atoms with van der Waals surface area (Å²) < 4.78 is 46.1. The lowest BCUT2D eigenvalue weighted by atomic mass is 10.2. The molecule has 0 rings (SSSR count). The SMILES string of the molecule is C#CCCCCNS(=O)(=O)C(F)F. The molecule has 0 bridgehead atoms. The smallest absolute Gasteiger partial charge is 0.210 e. The highest BCUT2D eigenvalue weighted by Gasteiger charge is 2.22. The van der Waals surface area contributed by atoms with Crippen LogP contribution in [0.4, 0.5) is 8.78 Å². The highest BCUT2D eigenvalue weighted by atomic mass is 32.2. The Kier molecular flexibility index (Phi) is 5.58. The topological polar surface area (TPSA) is 46.2 Å². The third-order valence-electron chi connectivity index (χ3n) is 1.29. The highest BCUT2D eigenvalue weighted by Crippen LogP contribution is 2.02. The van der Waals surface area contributed by atoms with Gasteiger partial charge in [0, 0.05) is 13.0 Å². The first-order valence-corrected chi connectivity index (χ1v) is 5.25. The number of unbranched alkanes of at least 4 members (excludes halogenated alkanes) is 2.